The Balaban J connectivity index is 2.03. The number of nitrogens with one attached hydrogen (secondary N) is 1. The van der Waals surface area contributed by atoms with Crippen molar-refractivity contribution in [2.45, 2.75) is 12.6 Å². The second-order valence-corrected chi connectivity index (χ2v) is 6.32. The Morgan fingerprint density at radius 3 is 2.81 bits per heavy atom. The maximum atomic E-state index is 13.2. The molecule has 0 radical (unpaired) electrons. The van der Waals surface area contributed by atoms with Crippen LogP contribution in [-0.2, 0) is 10.4 Å². The van der Waals surface area contributed by atoms with E-state index in [1.54, 1.807) is 13.2 Å². The summed E-state index contributed by atoms with van der Waals surface area (Å²) in [4.78, 5) is 15.0. The van der Waals surface area contributed by atoms with Crippen LogP contribution in [0.3, 0.4) is 0 Å². The quantitative estimate of drug-likeness (QED) is 0.773. The van der Waals surface area contributed by atoms with Crippen molar-refractivity contribution in [3.8, 4) is 5.75 Å². The summed E-state index contributed by atoms with van der Waals surface area (Å²) in [6.45, 7) is 7.05. The Morgan fingerprint density at radius 2 is 2.04 bits per heavy atom. The van der Waals surface area contributed by atoms with E-state index in [9.17, 15) is 4.79 Å². The first-order valence-electron chi connectivity index (χ1n) is 8.62. The Hall–Kier alpha value is -2.79. The number of amides is 1. The van der Waals surface area contributed by atoms with Gasteiger partial charge < -0.3 is 19.7 Å². The summed E-state index contributed by atoms with van der Waals surface area (Å²) < 4.78 is 10.9. The lowest BCUT2D eigenvalue weighted by molar-refractivity contribution is 0.0437. The summed E-state index contributed by atoms with van der Waals surface area (Å²) in [5.41, 5.74) is 1.72. The summed E-state index contributed by atoms with van der Waals surface area (Å²) in [7, 11) is 1.64. The maximum Gasteiger partial charge on any atom is 0.258 e. The minimum atomic E-state index is -0.711. The SMILES string of the molecule is C=CCOc1cccc(C2(C)Nc3ccccc3C(=O)N2CCOC)c1. The van der Waals surface area contributed by atoms with Gasteiger partial charge in [-0.2, -0.15) is 0 Å². The Labute approximate surface area is 154 Å². The molecular weight excluding hydrogens is 328 g/mol. The molecule has 3 rings (SSSR count). The van der Waals surface area contributed by atoms with Crippen LogP contribution in [0.15, 0.2) is 61.2 Å². The number of carbonyl (C=O) groups excluding carboxylic acids is 1. The Bertz CT molecular complexity index is 805. The lowest BCUT2D eigenvalue weighted by Gasteiger charge is -2.46. The fourth-order valence-corrected chi connectivity index (χ4v) is 3.24. The van der Waals surface area contributed by atoms with Gasteiger partial charge in [0.1, 0.15) is 18.0 Å². The monoisotopic (exact) mass is 352 g/mol. The molecule has 0 saturated carbocycles. The lowest BCUT2D eigenvalue weighted by Crippen LogP contribution is -2.56. The molecule has 0 aromatic heterocycles. The molecule has 0 bridgehead atoms. The first-order valence-corrected chi connectivity index (χ1v) is 8.62. The molecule has 1 atom stereocenters. The average molecular weight is 352 g/mol. The molecule has 2 aromatic rings. The minimum Gasteiger partial charge on any atom is -0.490 e. The van der Waals surface area contributed by atoms with Gasteiger partial charge in [-0.05, 0) is 31.2 Å². The van der Waals surface area contributed by atoms with Crippen LogP contribution < -0.4 is 10.1 Å². The van der Waals surface area contributed by atoms with Crippen LogP contribution in [-0.4, -0.2) is 37.7 Å². The molecule has 26 heavy (non-hydrogen) atoms. The maximum absolute atomic E-state index is 13.2. The standard InChI is InChI=1S/C21H24N2O3/c1-4-13-26-17-9-7-8-16(15-17)21(2)22-19-11-6-5-10-18(19)20(24)23(21)12-14-25-3/h4-11,15,22H,1,12-14H2,2-3H3. The van der Waals surface area contributed by atoms with E-state index in [-0.39, 0.29) is 5.91 Å². The smallest absolute Gasteiger partial charge is 0.258 e. The van der Waals surface area contributed by atoms with E-state index in [0.29, 0.717) is 25.3 Å². The third-order valence-corrected chi connectivity index (χ3v) is 4.60. The molecule has 0 fully saturated rings. The van der Waals surface area contributed by atoms with Crippen molar-refractivity contribution in [1.82, 2.24) is 4.90 Å². The minimum absolute atomic E-state index is 0.0173. The molecule has 1 aliphatic heterocycles. The number of ether oxygens (including phenoxy) is 2. The van der Waals surface area contributed by atoms with Gasteiger partial charge in [0.25, 0.3) is 5.91 Å². The molecule has 1 amide bonds. The Kier molecular flexibility index (Phi) is 5.28. The second kappa shape index (κ2) is 7.62. The third-order valence-electron chi connectivity index (χ3n) is 4.60. The zero-order chi connectivity index (χ0) is 18.6. The number of hydrogen-bond acceptors (Lipinski definition) is 4. The number of methoxy groups -OCH3 is 1. The largest absolute Gasteiger partial charge is 0.490 e. The van der Waals surface area contributed by atoms with E-state index in [2.05, 4.69) is 11.9 Å². The number of carbonyl (C=O) groups is 1. The molecule has 1 aliphatic rings. The van der Waals surface area contributed by atoms with Crippen LogP contribution in [0.4, 0.5) is 5.69 Å². The molecule has 5 nitrogen and oxygen atoms in total. The van der Waals surface area contributed by atoms with E-state index in [1.165, 1.54) is 0 Å². The molecule has 0 spiro atoms. The normalized spacial score (nSPS) is 18.8. The van der Waals surface area contributed by atoms with Gasteiger partial charge in [-0.15, -0.1) is 0 Å². The molecule has 0 aliphatic carbocycles. The molecule has 2 aromatic carbocycles. The zero-order valence-electron chi connectivity index (χ0n) is 15.2. The van der Waals surface area contributed by atoms with Crippen LogP contribution >= 0.6 is 0 Å². The van der Waals surface area contributed by atoms with Crippen molar-refractivity contribution in [3.05, 3.63) is 72.3 Å². The predicted octanol–water partition coefficient (Wildman–Crippen LogP) is 3.64. The fourth-order valence-electron chi connectivity index (χ4n) is 3.24. The third kappa shape index (κ3) is 3.30. The van der Waals surface area contributed by atoms with E-state index in [1.807, 2.05) is 60.4 Å². The number of para-hydroxylation sites is 1. The van der Waals surface area contributed by atoms with Crippen molar-refractivity contribution in [2.24, 2.45) is 0 Å². The molecule has 0 saturated heterocycles. The topological polar surface area (TPSA) is 50.8 Å². The van der Waals surface area contributed by atoms with Gasteiger partial charge in [0.05, 0.1) is 12.2 Å². The van der Waals surface area contributed by atoms with Crippen LogP contribution in [0.1, 0.15) is 22.8 Å². The fraction of sp³-hybridized carbons (Fsp3) is 0.286. The number of hydrogen-bond donors (Lipinski definition) is 1. The van der Waals surface area contributed by atoms with Crippen molar-refractivity contribution >= 4 is 11.6 Å². The summed E-state index contributed by atoms with van der Waals surface area (Å²) in [5, 5.41) is 3.54. The first-order chi connectivity index (χ1) is 12.6. The van der Waals surface area contributed by atoms with Crippen LogP contribution in [0.25, 0.3) is 0 Å². The molecule has 5 heteroatoms. The van der Waals surface area contributed by atoms with E-state index >= 15 is 0 Å². The molecule has 1 N–H and O–H groups in total. The van der Waals surface area contributed by atoms with Gasteiger partial charge in [-0.25, -0.2) is 0 Å². The number of rotatable bonds is 7. The highest BCUT2D eigenvalue weighted by Gasteiger charge is 2.42. The second-order valence-electron chi connectivity index (χ2n) is 6.32. The van der Waals surface area contributed by atoms with Crippen LogP contribution in [0, 0.1) is 0 Å². The van der Waals surface area contributed by atoms with Gasteiger partial charge in [-0.1, -0.05) is 36.9 Å². The van der Waals surface area contributed by atoms with Gasteiger partial charge in [-0.3, -0.25) is 4.79 Å². The average Bonchev–Trinajstić information content (AvgIpc) is 2.66. The van der Waals surface area contributed by atoms with Gasteiger partial charge >= 0.3 is 0 Å². The summed E-state index contributed by atoms with van der Waals surface area (Å²) in [6.07, 6.45) is 1.71. The summed E-state index contributed by atoms with van der Waals surface area (Å²) >= 11 is 0. The van der Waals surface area contributed by atoms with Gasteiger partial charge in [0.2, 0.25) is 0 Å². The molecular formula is C21H24N2O3. The highest BCUT2D eigenvalue weighted by molar-refractivity contribution is 6.02. The van der Waals surface area contributed by atoms with Crippen molar-refractivity contribution in [1.29, 1.82) is 0 Å². The van der Waals surface area contributed by atoms with E-state index in [4.69, 9.17) is 9.47 Å². The molecule has 136 valence electrons. The molecule has 1 unspecified atom stereocenters. The van der Waals surface area contributed by atoms with Crippen LogP contribution in [0.2, 0.25) is 0 Å². The summed E-state index contributed by atoms with van der Waals surface area (Å²) in [5.74, 6) is 0.722. The van der Waals surface area contributed by atoms with Gasteiger partial charge in [0.15, 0.2) is 0 Å². The van der Waals surface area contributed by atoms with Gasteiger partial charge in [0, 0.05) is 24.9 Å². The highest BCUT2D eigenvalue weighted by atomic mass is 16.5. The number of benzene rings is 2. The van der Waals surface area contributed by atoms with Crippen molar-refractivity contribution < 1.29 is 14.3 Å². The van der Waals surface area contributed by atoms with Crippen molar-refractivity contribution in [2.75, 3.05) is 32.2 Å². The Morgan fingerprint density at radius 1 is 1.23 bits per heavy atom. The molecule has 1 heterocycles. The number of nitrogens with zero attached hydrogens (tertiary/aromatic N) is 1. The summed E-state index contributed by atoms with van der Waals surface area (Å²) in [6, 6.07) is 15.3. The highest BCUT2D eigenvalue weighted by Crippen LogP contribution is 2.38. The first kappa shape index (κ1) is 18.0. The predicted molar refractivity (Wildman–Crippen MR) is 102 cm³/mol. The number of anilines is 1. The van der Waals surface area contributed by atoms with E-state index < -0.39 is 5.66 Å². The lowest BCUT2D eigenvalue weighted by atomic mass is 9.93. The van der Waals surface area contributed by atoms with E-state index in [0.717, 1.165) is 17.0 Å². The van der Waals surface area contributed by atoms with Crippen molar-refractivity contribution in [3.63, 3.8) is 0 Å². The number of fused-ring (bicyclic) bond motifs is 1. The zero-order valence-corrected chi connectivity index (χ0v) is 15.2. The van der Waals surface area contributed by atoms with Crippen LogP contribution in [0.5, 0.6) is 5.75 Å².